The van der Waals surface area contributed by atoms with E-state index >= 15 is 0 Å². The van der Waals surface area contributed by atoms with Crippen LogP contribution in [0.2, 0.25) is 0 Å². The summed E-state index contributed by atoms with van der Waals surface area (Å²) < 4.78 is 5.35. The van der Waals surface area contributed by atoms with Gasteiger partial charge in [-0.3, -0.25) is 0 Å². The van der Waals surface area contributed by atoms with E-state index in [0.29, 0.717) is 11.5 Å². The molecule has 1 unspecified atom stereocenters. The summed E-state index contributed by atoms with van der Waals surface area (Å²) in [7, 11) is 1.74. The summed E-state index contributed by atoms with van der Waals surface area (Å²) in [6, 6.07) is 6.99. The third-order valence-corrected chi connectivity index (χ3v) is 3.70. The maximum absolute atomic E-state index is 5.35. The monoisotopic (exact) mass is 247 g/mol. The molecule has 1 aromatic rings. The Morgan fingerprint density at radius 3 is 2.78 bits per heavy atom. The van der Waals surface area contributed by atoms with Crippen molar-refractivity contribution in [1.29, 1.82) is 0 Å². The Labute approximate surface area is 111 Å². The van der Waals surface area contributed by atoms with Crippen LogP contribution in [-0.2, 0) is 6.42 Å². The number of ether oxygens (including phenoxy) is 1. The molecule has 2 heteroatoms. The lowest BCUT2D eigenvalue weighted by molar-refractivity contribution is 0.327. The van der Waals surface area contributed by atoms with Gasteiger partial charge in [0.15, 0.2) is 0 Å². The van der Waals surface area contributed by atoms with E-state index in [1.54, 1.807) is 7.11 Å². The second-order valence-electron chi connectivity index (χ2n) is 6.42. The molecule has 0 saturated heterocycles. The van der Waals surface area contributed by atoms with Crippen molar-refractivity contribution >= 4 is 0 Å². The summed E-state index contributed by atoms with van der Waals surface area (Å²) in [6.07, 6.45) is 3.57. The van der Waals surface area contributed by atoms with Gasteiger partial charge in [-0.1, -0.05) is 26.8 Å². The molecule has 18 heavy (non-hydrogen) atoms. The normalized spacial score (nSPS) is 19.4. The fourth-order valence-electron chi connectivity index (χ4n) is 2.58. The molecule has 0 bridgehead atoms. The highest BCUT2D eigenvalue weighted by atomic mass is 16.5. The Hall–Kier alpha value is -1.02. The van der Waals surface area contributed by atoms with Crippen LogP contribution < -0.4 is 10.1 Å². The molecule has 1 aromatic carbocycles. The largest absolute Gasteiger partial charge is 0.497 e. The highest BCUT2D eigenvalue weighted by Crippen LogP contribution is 2.33. The lowest BCUT2D eigenvalue weighted by Crippen LogP contribution is -2.30. The van der Waals surface area contributed by atoms with E-state index in [4.69, 9.17) is 4.74 Å². The van der Waals surface area contributed by atoms with Gasteiger partial charge in [0.05, 0.1) is 7.11 Å². The average molecular weight is 247 g/mol. The van der Waals surface area contributed by atoms with Gasteiger partial charge in [0.2, 0.25) is 0 Å². The molecular formula is C16H25NO. The minimum atomic E-state index is 0.401. The van der Waals surface area contributed by atoms with Crippen LogP contribution in [0, 0.1) is 5.41 Å². The molecule has 100 valence electrons. The van der Waals surface area contributed by atoms with Crippen LogP contribution in [0.3, 0.4) is 0 Å². The van der Waals surface area contributed by atoms with Crippen molar-refractivity contribution in [1.82, 2.24) is 5.32 Å². The van der Waals surface area contributed by atoms with Gasteiger partial charge >= 0.3 is 0 Å². The zero-order valence-electron chi connectivity index (χ0n) is 12.0. The molecule has 0 radical (unpaired) electrons. The fraction of sp³-hybridized carbons (Fsp3) is 0.625. The number of benzene rings is 1. The van der Waals surface area contributed by atoms with Crippen molar-refractivity contribution in [2.24, 2.45) is 5.41 Å². The zero-order chi connectivity index (χ0) is 13.2. The van der Waals surface area contributed by atoms with Crippen LogP contribution in [0.15, 0.2) is 18.2 Å². The molecule has 1 atom stereocenters. The molecular weight excluding hydrogens is 222 g/mol. The minimum absolute atomic E-state index is 0.401. The molecule has 0 aromatic heterocycles. The molecule has 1 aliphatic rings. The van der Waals surface area contributed by atoms with Crippen LogP contribution >= 0.6 is 0 Å². The lowest BCUT2D eigenvalue weighted by Gasteiger charge is -2.29. The van der Waals surface area contributed by atoms with Crippen molar-refractivity contribution < 1.29 is 4.74 Å². The molecule has 0 spiro atoms. The van der Waals surface area contributed by atoms with Gasteiger partial charge in [0, 0.05) is 6.04 Å². The standard InChI is InChI=1S/C16H25NO/c1-16(2,3)9-7-15-14-11-13(18-4)6-5-12(14)8-10-17-15/h5-6,11,15,17H,7-10H2,1-4H3. The lowest BCUT2D eigenvalue weighted by atomic mass is 9.84. The SMILES string of the molecule is COc1ccc2c(c1)C(CCC(C)(C)C)NCC2. The number of fused-ring (bicyclic) bond motifs is 1. The fourth-order valence-corrected chi connectivity index (χ4v) is 2.58. The number of hydrogen-bond donors (Lipinski definition) is 1. The first-order chi connectivity index (χ1) is 8.49. The number of hydrogen-bond acceptors (Lipinski definition) is 2. The van der Waals surface area contributed by atoms with E-state index in [9.17, 15) is 0 Å². The van der Waals surface area contributed by atoms with Crippen molar-refractivity contribution in [2.75, 3.05) is 13.7 Å². The van der Waals surface area contributed by atoms with Gasteiger partial charge in [0.25, 0.3) is 0 Å². The Morgan fingerprint density at radius 1 is 1.33 bits per heavy atom. The molecule has 1 aliphatic heterocycles. The van der Waals surface area contributed by atoms with Crippen molar-refractivity contribution in [2.45, 2.75) is 46.1 Å². The maximum Gasteiger partial charge on any atom is 0.119 e. The van der Waals surface area contributed by atoms with Gasteiger partial charge in [-0.15, -0.1) is 0 Å². The zero-order valence-corrected chi connectivity index (χ0v) is 12.0. The minimum Gasteiger partial charge on any atom is -0.497 e. The molecule has 0 amide bonds. The van der Waals surface area contributed by atoms with Crippen molar-refractivity contribution in [3.8, 4) is 5.75 Å². The van der Waals surface area contributed by atoms with E-state index in [1.165, 1.54) is 24.0 Å². The molecule has 1 heterocycles. The summed E-state index contributed by atoms with van der Waals surface area (Å²) in [5, 5.41) is 3.64. The Kier molecular flexibility index (Phi) is 3.96. The van der Waals surface area contributed by atoms with Crippen LogP contribution in [0.4, 0.5) is 0 Å². The summed E-state index contributed by atoms with van der Waals surface area (Å²) in [4.78, 5) is 0. The van der Waals surface area contributed by atoms with Crippen molar-refractivity contribution in [3.63, 3.8) is 0 Å². The predicted molar refractivity (Wildman–Crippen MR) is 76.1 cm³/mol. The number of nitrogens with one attached hydrogen (secondary N) is 1. The van der Waals surface area contributed by atoms with Crippen LogP contribution in [0.5, 0.6) is 5.75 Å². The van der Waals surface area contributed by atoms with E-state index < -0.39 is 0 Å². The second kappa shape index (κ2) is 5.31. The molecule has 0 saturated carbocycles. The molecule has 1 N–H and O–H groups in total. The molecule has 0 aliphatic carbocycles. The van der Waals surface area contributed by atoms with E-state index in [-0.39, 0.29) is 0 Å². The molecule has 2 nitrogen and oxygen atoms in total. The third-order valence-electron chi connectivity index (χ3n) is 3.70. The average Bonchev–Trinajstić information content (AvgIpc) is 2.34. The van der Waals surface area contributed by atoms with Crippen LogP contribution in [0.25, 0.3) is 0 Å². The highest BCUT2D eigenvalue weighted by molar-refractivity contribution is 5.39. The Balaban J connectivity index is 2.15. The van der Waals surface area contributed by atoms with E-state index in [2.05, 4.69) is 44.3 Å². The first-order valence-electron chi connectivity index (χ1n) is 6.90. The summed E-state index contributed by atoms with van der Waals surface area (Å²) in [5.41, 5.74) is 3.32. The van der Waals surface area contributed by atoms with E-state index in [1.807, 2.05) is 0 Å². The number of rotatable bonds is 3. The summed E-state index contributed by atoms with van der Waals surface area (Å²) >= 11 is 0. The predicted octanol–water partition coefficient (Wildman–Crippen LogP) is 3.71. The first kappa shape index (κ1) is 13.4. The smallest absolute Gasteiger partial charge is 0.119 e. The topological polar surface area (TPSA) is 21.3 Å². The van der Waals surface area contributed by atoms with Gasteiger partial charge < -0.3 is 10.1 Å². The molecule has 2 rings (SSSR count). The highest BCUT2D eigenvalue weighted by Gasteiger charge is 2.22. The van der Waals surface area contributed by atoms with Gasteiger partial charge in [-0.25, -0.2) is 0 Å². The third kappa shape index (κ3) is 3.26. The van der Waals surface area contributed by atoms with Crippen LogP contribution in [-0.4, -0.2) is 13.7 Å². The van der Waals surface area contributed by atoms with Crippen LogP contribution in [0.1, 0.15) is 50.8 Å². The van der Waals surface area contributed by atoms with Crippen molar-refractivity contribution in [3.05, 3.63) is 29.3 Å². The number of methoxy groups -OCH3 is 1. The Bertz CT molecular complexity index is 406. The van der Waals surface area contributed by atoms with E-state index in [0.717, 1.165) is 18.7 Å². The quantitative estimate of drug-likeness (QED) is 0.879. The van der Waals surface area contributed by atoms with Gasteiger partial charge in [-0.2, -0.15) is 0 Å². The first-order valence-corrected chi connectivity index (χ1v) is 6.90. The second-order valence-corrected chi connectivity index (χ2v) is 6.42. The summed E-state index contributed by atoms with van der Waals surface area (Å²) in [5.74, 6) is 0.971. The van der Waals surface area contributed by atoms with Gasteiger partial charge in [0.1, 0.15) is 5.75 Å². The maximum atomic E-state index is 5.35. The Morgan fingerprint density at radius 2 is 2.11 bits per heavy atom. The van der Waals surface area contributed by atoms with Gasteiger partial charge in [-0.05, 0) is 54.5 Å². The molecule has 0 fully saturated rings. The summed E-state index contributed by atoms with van der Waals surface area (Å²) in [6.45, 7) is 8.01.